The minimum Gasteiger partial charge on any atom is -0.316 e. The number of aromatic nitrogens is 2. The maximum absolute atomic E-state index is 12.3. The van der Waals surface area contributed by atoms with E-state index >= 15 is 0 Å². The highest BCUT2D eigenvalue weighted by atomic mass is 32.2. The lowest BCUT2D eigenvalue weighted by molar-refractivity contribution is 0.444. The molecule has 1 aromatic rings. The van der Waals surface area contributed by atoms with E-state index in [2.05, 4.69) is 20.2 Å². The van der Waals surface area contributed by atoms with E-state index in [1.54, 1.807) is 13.8 Å². The number of nitrogens with one attached hydrogen (secondary N) is 3. The van der Waals surface area contributed by atoms with Gasteiger partial charge in [0.2, 0.25) is 10.0 Å². The van der Waals surface area contributed by atoms with Crippen LogP contribution in [0.1, 0.15) is 24.7 Å². The Hall–Kier alpha value is -0.920. The first-order valence-corrected chi connectivity index (χ1v) is 7.64. The molecule has 2 unspecified atom stereocenters. The Kier molecular flexibility index (Phi) is 3.74. The molecule has 1 aromatic heterocycles. The van der Waals surface area contributed by atoms with Crippen molar-refractivity contribution in [2.75, 3.05) is 13.1 Å². The normalized spacial score (nSPS) is 22.3. The third kappa shape index (κ3) is 2.57. The van der Waals surface area contributed by atoms with Crippen LogP contribution in [-0.2, 0) is 10.0 Å². The molecule has 7 heteroatoms. The zero-order chi connectivity index (χ0) is 13.3. The number of aryl methyl sites for hydroxylation is 2. The van der Waals surface area contributed by atoms with Gasteiger partial charge in [-0.15, -0.1) is 0 Å². The highest BCUT2D eigenvalue weighted by Gasteiger charge is 2.28. The van der Waals surface area contributed by atoms with Gasteiger partial charge in [-0.2, -0.15) is 5.10 Å². The summed E-state index contributed by atoms with van der Waals surface area (Å²) in [5.41, 5.74) is 1.09. The molecule has 1 aliphatic rings. The summed E-state index contributed by atoms with van der Waals surface area (Å²) in [4.78, 5) is 0.278. The zero-order valence-corrected chi connectivity index (χ0v) is 11.8. The molecule has 0 radical (unpaired) electrons. The van der Waals surface area contributed by atoms with Crippen LogP contribution < -0.4 is 10.0 Å². The summed E-state index contributed by atoms with van der Waals surface area (Å²) >= 11 is 0. The molecule has 18 heavy (non-hydrogen) atoms. The maximum atomic E-state index is 12.3. The summed E-state index contributed by atoms with van der Waals surface area (Å²) in [5.74, 6) is 0.354. The average Bonchev–Trinajstić information content (AvgIpc) is 2.87. The smallest absolute Gasteiger partial charge is 0.244 e. The van der Waals surface area contributed by atoms with Crippen molar-refractivity contribution in [3.63, 3.8) is 0 Å². The zero-order valence-electron chi connectivity index (χ0n) is 10.9. The van der Waals surface area contributed by atoms with Gasteiger partial charge in [-0.3, -0.25) is 5.10 Å². The number of hydrogen-bond acceptors (Lipinski definition) is 4. The molecule has 6 nitrogen and oxygen atoms in total. The van der Waals surface area contributed by atoms with E-state index in [1.807, 2.05) is 6.92 Å². The molecule has 1 saturated heterocycles. The van der Waals surface area contributed by atoms with Gasteiger partial charge in [-0.05, 0) is 46.2 Å². The van der Waals surface area contributed by atoms with Crippen molar-refractivity contribution >= 4 is 10.0 Å². The van der Waals surface area contributed by atoms with Gasteiger partial charge < -0.3 is 5.32 Å². The number of rotatable bonds is 4. The summed E-state index contributed by atoms with van der Waals surface area (Å²) in [6, 6.07) is -0.0706. The fraction of sp³-hybridized carbons (Fsp3) is 0.727. The van der Waals surface area contributed by atoms with Crippen molar-refractivity contribution in [2.24, 2.45) is 5.92 Å². The highest BCUT2D eigenvalue weighted by molar-refractivity contribution is 7.89. The van der Waals surface area contributed by atoms with Crippen molar-refractivity contribution in [3.05, 3.63) is 11.4 Å². The summed E-state index contributed by atoms with van der Waals surface area (Å²) in [7, 11) is -3.49. The number of sulfonamides is 1. The van der Waals surface area contributed by atoms with Crippen LogP contribution in [0.2, 0.25) is 0 Å². The first-order valence-electron chi connectivity index (χ1n) is 6.16. The number of aromatic amines is 1. The maximum Gasteiger partial charge on any atom is 0.244 e. The second kappa shape index (κ2) is 4.99. The fourth-order valence-electron chi connectivity index (χ4n) is 2.44. The van der Waals surface area contributed by atoms with Crippen molar-refractivity contribution in [1.29, 1.82) is 0 Å². The van der Waals surface area contributed by atoms with E-state index in [1.165, 1.54) is 0 Å². The Morgan fingerprint density at radius 1 is 1.44 bits per heavy atom. The molecule has 3 N–H and O–H groups in total. The molecule has 0 spiro atoms. The second-order valence-corrected chi connectivity index (χ2v) is 6.58. The lowest BCUT2D eigenvalue weighted by Gasteiger charge is -2.19. The largest absolute Gasteiger partial charge is 0.316 e. The van der Waals surface area contributed by atoms with Crippen molar-refractivity contribution in [1.82, 2.24) is 20.2 Å². The monoisotopic (exact) mass is 272 g/mol. The molecule has 0 bridgehead atoms. The molecular formula is C11H20N4O2S. The van der Waals surface area contributed by atoms with Gasteiger partial charge in [-0.1, -0.05) is 0 Å². The van der Waals surface area contributed by atoms with Gasteiger partial charge in [0, 0.05) is 6.04 Å². The fourth-order valence-corrected chi connectivity index (χ4v) is 4.12. The standard InChI is InChI=1S/C11H20N4O2S/c1-7(10-4-5-12-6-10)15-18(16,17)11-8(2)13-14-9(11)3/h7,10,12,15H,4-6H2,1-3H3,(H,13,14). The Morgan fingerprint density at radius 2 is 2.17 bits per heavy atom. The van der Waals surface area contributed by atoms with Gasteiger partial charge in [0.05, 0.1) is 11.4 Å². The first kappa shape index (κ1) is 13.5. The molecule has 102 valence electrons. The Labute approximate surface area is 108 Å². The van der Waals surface area contributed by atoms with Crippen LogP contribution in [0, 0.1) is 19.8 Å². The summed E-state index contributed by atoms with van der Waals surface area (Å²) in [6.07, 6.45) is 1.01. The van der Waals surface area contributed by atoms with Gasteiger partial charge in [0.1, 0.15) is 4.90 Å². The molecule has 0 amide bonds. The highest BCUT2D eigenvalue weighted by Crippen LogP contribution is 2.19. The van der Waals surface area contributed by atoms with Gasteiger partial charge in [0.15, 0.2) is 0 Å². The quantitative estimate of drug-likeness (QED) is 0.736. The van der Waals surface area contributed by atoms with Gasteiger partial charge in [-0.25, -0.2) is 13.1 Å². The van der Waals surface area contributed by atoms with Crippen LogP contribution in [0.4, 0.5) is 0 Å². The molecule has 1 fully saturated rings. The molecular weight excluding hydrogens is 252 g/mol. The third-order valence-electron chi connectivity index (χ3n) is 3.48. The molecule has 1 aliphatic heterocycles. The molecule has 2 heterocycles. The first-order chi connectivity index (χ1) is 8.42. The molecule has 0 aromatic carbocycles. The van der Waals surface area contributed by atoms with Crippen molar-refractivity contribution in [2.45, 2.75) is 38.1 Å². The lowest BCUT2D eigenvalue weighted by Crippen LogP contribution is -2.39. The van der Waals surface area contributed by atoms with Crippen molar-refractivity contribution in [3.8, 4) is 0 Å². The summed E-state index contributed by atoms with van der Waals surface area (Å²) in [5, 5.41) is 9.88. The molecule has 2 rings (SSSR count). The van der Waals surface area contributed by atoms with Crippen LogP contribution >= 0.6 is 0 Å². The van der Waals surface area contributed by atoms with E-state index in [0.717, 1.165) is 19.5 Å². The predicted molar refractivity (Wildman–Crippen MR) is 68.8 cm³/mol. The number of H-pyrrole nitrogens is 1. The molecule has 2 atom stereocenters. The number of nitrogens with zero attached hydrogens (tertiary/aromatic N) is 1. The van der Waals surface area contributed by atoms with E-state index in [0.29, 0.717) is 17.3 Å². The van der Waals surface area contributed by atoms with Gasteiger partial charge >= 0.3 is 0 Å². The van der Waals surface area contributed by atoms with Crippen LogP contribution in [0.3, 0.4) is 0 Å². The average molecular weight is 272 g/mol. The van der Waals surface area contributed by atoms with E-state index in [-0.39, 0.29) is 10.9 Å². The summed E-state index contributed by atoms with van der Waals surface area (Å²) in [6.45, 7) is 7.16. The van der Waals surface area contributed by atoms with E-state index in [4.69, 9.17) is 0 Å². The number of hydrogen-bond donors (Lipinski definition) is 3. The predicted octanol–water partition coefficient (Wildman–Crippen LogP) is 0.303. The minimum atomic E-state index is -3.49. The van der Waals surface area contributed by atoms with Crippen molar-refractivity contribution < 1.29 is 8.42 Å². The Bertz CT molecular complexity index is 498. The Balaban J connectivity index is 2.17. The van der Waals surface area contributed by atoms with Crippen LogP contribution in [0.5, 0.6) is 0 Å². The van der Waals surface area contributed by atoms with Gasteiger partial charge in [0.25, 0.3) is 0 Å². The topological polar surface area (TPSA) is 86.9 Å². The third-order valence-corrected chi connectivity index (χ3v) is 5.30. The van der Waals surface area contributed by atoms with Crippen LogP contribution in [0.25, 0.3) is 0 Å². The van der Waals surface area contributed by atoms with E-state index < -0.39 is 10.0 Å². The minimum absolute atomic E-state index is 0.0706. The molecule has 0 saturated carbocycles. The Morgan fingerprint density at radius 3 is 2.67 bits per heavy atom. The van der Waals surface area contributed by atoms with E-state index in [9.17, 15) is 8.42 Å². The van der Waals surface area contributed by atoms with Crippen LogP contribution in [-0.4, -0.2) is 37.7 Å². The lowest BCUT2D eigenvalue weighted by atomic mass is 10.0. The molecule has 0 aliphatic carbocycles. The summed E-state index contributed by atoms with van der Waals surface area (Å²) < 4.78 is 27.4. The second-order valence-electron chi connectivity index (χ2n) is 4.93. The van der Waals surface area contributed by atoms with Crippen LogP contribution in [0.15, 0.2) is 4.90 Å². The SMILES string of the molecule is Cc1n[nH]c(C)c1S(=O)(=O)NC(C)C1CCNC1.